The lowest BCUT2D eigenvalue weighted by atomic mass is 9.84. The molecule has 2 atom stereocenters. The third-order valence-electron chi connectivity index (χ3n) is 5.93. The normalized spacial score (nSPS) is 24.0. The lowest BCUT2D eigenvalue weighted by molar-refractivity contribution is 0.0169. The number of aliphatic hydroxyl groups excluding tert-OH is 1. The Kier molecular flexibility index (Phi) is 8.87. The van der Waals surface area contributed by atoms with Gasteiger partial charge in [0.05, 0.1) is 32.4 Å². The van der Waals surface area contributed by atoms with Crippen molar-refractivity contribution in [2.45, 2.75) is 25.8 Å². The third kappa shape index (κ3) is 6.38. The van der Waals surface area contributed by atoms with Crippen LogP contribution in [0.2, 0.25) is 0 Å². The monoisotopic (exact) mass is 422 g/mol. The number of rotatable bonds is 9. The Labute approximate surface area is 178 Å². The molecule has 0 aromatic heterocycles. The van der Waals surface area contributed by atoms with E-state index < -0.39 is 0 Å². The van der Waals surface area contributed by atoms with Gasteiger partial charge in [0, 0.05) is 44.8 Å². The molecule has 0 spiro atoms. The van der Waals surface area contributed by atoms with Crippen LogP contribution in [0.3, 0.4) is 0 Å². The van der Waals surface area contributed by atoms with Crippen molar-refractivity contribution in [3.63, 3.8) is 0 Å². The maximum atomic E-state index is 13.9. The van der Waals surface area contributed by atoms with Gasteiger partial charge in [-0.2, -0.15) is 0 Å². The molecule has 0 aliphatic carbocycles. The van der Waals surface area contributed by atoms with Crippen molar-refractivity contribution in [2.24, 2.45) is 10.4 Å². The number of hydrogen-bond donors (Lipinski definition) is 3. The highest BCUT2D eigenvalue weighted by molar-refractivity contribution is 5.79. The first-order valence-corrected chi connectivity index (χ1v) is 10.9. The predicted octanol–water partition coefficient (Wildman–Crippen LogP) is 1.54. The summed E-state index contributed by atoms with van der Waals surface area (Å²) in [6.07, 6.45) is 1.60. The van der Waals surface area contributed by atoms with Crippen LogP contribution in [0.5, 0.6) is 0 Å². The molecule has 3 rings (SSSR count). The van der Waals surface area contributed by atoms with Crippen molar-refractivity contribution in [3.8, 4) is 0 Å². The van der Waals surface area contributed by atoms with E-state index in [-0.39, 0.29) is 23.9 Å². The number of aliphatic imine (C=N–C) groups is 1. The summed E-state index contributed by atoms with van der Waals surface area (Å²) in [6.45, 7) is 8.48. The molecule has 2 aliphatic heterocycles. The topological polar surface area (TPSA) is 78.4 Å². The fourth-order valence-corrected chi connectivity index (χ4v) is 4.13. The van der Waals surface area contributed by atoms with Crippen LogP contribution in [0, 0.1) is 11.2 Å². The Morgan fingerprint density at radius 1 is 1.27 bits per heavy atom. The van der Waals surface area contributed by atoms with Gasteiger partial charge in [0.25, 0.3) is 0 Å². The molecule has 0 bridgehead atoms. The third-order valence-corrected chi connectivity index (χ3v) is 5.93. The number of nitrogens with one attached hydrogen (secondary N) is 2. The number of halogens is 1. The first-order chi connectivity index (χ1) is 14.7. The van der Waals surface area contributed by atoms with Gasteiger partial charge in [-0.1, -0.05) is 12.1 Å². The minimum absolute atomic E-state index is 0.0228. The quantitative estimate of drug-likeness (QED) is 0.414. The Hall–Kier alpha value is -1.74. The molecule has 0 radical (unpaired) electrons. The summed E-state index contributed by atoms with van der Waals surface area (Å²) in [5, 5.41) is 16.2. The molecule has 2 fully saturated rings. The molecule has 1 aromatic carbocycles. The van der Waals surface area contributed by atoms with Crippen molar-refractivity contribution >= 4 is 5.96 Å². The second-order valence-corrected chi connectivity index (χ2v) is 8.07. The second kappa shape index (κ2) is 11.6. The predicted molar refractivity (Wildman–Crippen MR) is 115 cm³/mol. The van der Waals surface area contributed by atoms with Crippen LogP contribution in [0.1, 0.15) is 31.4 Å². The van der Waals surface area contributed by atoms with Crippen molar-refractivity contribution in [2.75, 3.05) is 65.8 Å². The van der Waals surface area contributed by atoms with Crippen LogP contribution < -0.4 is 10.6 Å². The number of hydrogen-bond acceptors (Lipinski definition) is 5. The summed E-state index contributed by atoms with van der Waals surface area (Å²) < 4.78 is 25.0. The number of nitrogens with zero attached hydrogens (tertiary/aromatic N) is 2. The van der Waals surface area contributed by atoms with E-state index in [0.29, 0.717) is 39.3 Å². The average molecular weight is 423 g/mol. The van der Waals surface area contributed by atoms with Gasteiger partial charge < -0.3 is 25.2 Å². The minimum Gasteiger partial charge on any atom is -0.396 e. The van der Waals surface area contributed by atoms with E-state index >= 15 is 0 Å². The molecule has 2 heterocycles. The summed E-state index contributed by atoms with van der Waals surface area (Å²) in [5.74, 6) is 0.509. The van der Waals surface area contributed by atoms with Crippen molar-refractivity contribution in [1.82, 2.24) is 15.5 Å². The highest BCUT2D eigenvalue weighted by Gasteiger charge is 2.34. The van der Waals surface area contributed by atoms with Crippen molar-refractivity contribution < 1.29 is 19.0 Å². The van der Waals surface area contributed by atoms with Crippen molar-refractivity contribution in [3.05, 3.63) is 35.6 Å². The van der Waals surface area contributed by atoms with Crippen LogP contribution in [0.4, 0.5) is 4.39 Å². The molecule has 0 amide bonds. The van der Waals surface area contributed by atoms with E-state index in [0.717, 1.165) is 44.2 Å². The minimum atomic E-state index is -0.224. The second-order valence-electron chi connectivity index (χ2n) is 8.07. The summed E-state index contributed by atoms with van der Waals surface area (Å²) in [4.78, 5) is 7.13. The molecule has 1 aromatic rings. The Balaban J connectivity index is 1.70. The van der Waals surface area contributed by atoms with E-state index in [1.807, 2.05) is 13.0 Å². The number of guanidine groups is 1. The maximum absolute atomic E-state index is 13.9. The van der Waals surface area contributed by atoms with E-state index in [2.05, 4.69) is 15.5 Å². The van der Waals surface area contributed by atoms with Crippen LogP contribution in [0.15, 0.2) is 29.3 Å². The van der Waals surface area contributed by atoms with Crippen molar-refractivity contribution in [1.29, 1.82) is 0 Å². The van der Waals surface area contributed by atoms with Gasteiger partial charge in [0.1, 0.15) is 5.82 Å². The molecule has 2 saturated heterocycles. The molecule has 3 N–H and O–H groups in total. The van der Waals surface area contributed by atoms with Gasteiger partial charge in [0.2, 0.25) is 0 Å². The van der Waals surface area contributed by atoms with Crippen LogP contribution >= 0.6 is 0 Å². The first-order valence-electron chi connectivity index (χ1n) is 10.9. The standard InChI is InChI=1S/C22H35FN4O3/c1-2-24-21(26-16-22(6-10-28)7-11-30-17-22)25-15-20(27-8-12-29-13-9-27)18-4-3-5-19(23)14-18/h3-5,14,20,28H,2,6-13,15-17H2,1H3,(H2,24,25,26). The van der Waals surface area contributed by atoms with Gasteiger partial charge in [-0.25, -0.2) is 4.39 Å². The van der Waals surface area contributed by atoms with Gasteiger partial charge in [-0.15, -0.1) is 0 Å². The molecule has 168 valence electrons. The maximum Gasteiger partial charge on any atom is 0.191 e. The number of aliphatic hydroxyl groups is 1. The lowest BCUT2D eigenvalue weighted by Crippen LogP contribution is -2.46. The number of benzene rings is 1. The van der Waals surface area contributed by atoms with E-state index in [1.165, 1.54) is 6.07 Å². The zero-order valence-corrected chi connectivity index (χ0v) is 17.9. The highest BCUT2D eigenvalue weighted by atomic mass is 19.1. The SMILES string of the molecule is CCNC(=NCC1(CCO)CCOC1)NCC(c1cccc(F)c1)N1CCOCC1. The molecule has 0 saturated carbocycles. The average Bonchev–Trinajstić information content (AvgIpc) is 3.22. The van der Waals surface area contributed by atoms with Crippen LogP contribution in [0.25, 0.3) is 0 Å². The van der Waals surface area contributed by atoms with Crippen LogP contribution in [-0.2, 0) is 9.47 Å². The zero-order valence-electron chi connectivity index (χ0n) is 17.9. The van der Waals surface area contributed by atoms with Gasteiger partial charge in [-0.3, -0.25) is 9.89 Å². The Morgan fingerprint density at radius 3 is 2.77 bits per heavy atom. The summed E-state index contributed by atoms with van der Waals surface area (Å²) in [5.41, 5.74) is 0.852. The number of ether oxygens (including phenoxy) is 2. The summed E-state index contributed by atoms with van der Waals surface area (Å²) in [7, 11) is 0. The number of morpholine rings is 1. The molecular formula is C22H35FN4O3. The molecule has 2 unspecified atom stereocenters. The van der Waals surface area contributed by atoms with E-state index in [9.17, 15) is 9.50 Å². The molecule has 8 heteroatoms. The molecule has 7 nitrogen and oxygen atoms in total. The van der Waals surface area contributed by atoms with Crippen LogP contribution in [-0.4, -0.2) is 81.7 Å². The molecule has 2 aliphatic rings. The Morgan fingerprint density at radius 2 is 2.10 bits per heavy atom. The van der Waals surface area contributed by atoms with E-state index in [1.54, 1.807) is 12.1 Å². The lowest BCUT2D eigenvalue weighted by Gasteiger charge is -2.35. The molecule has 30 heavy (non-hydrogen) atoms. The summed E-state index contributed by atoms with van der Waals surface area (Å²) >= 11 is 0. The highest BCUT2D eigenvalue weighted by Crippen LogP contribution is 2.32. The fraction of sp³-hybridized carbons (Fsp3) is 0.682. The smallest absolute Gasteiger partial charge is 0.191 e. The molecular weight excluding hydrogens is 387 g/mol. The first kappa shape index (κ1) is 22.9. The van der Waals surface area contributed by atoms with E-state index in [4.69, 9.17) is 14.5 Å². The Bertz CT molecular complexity index is 676. The van der Waals surface area contributed by atoms with Gasteiger partial charge in [-0.05, 0) is 37.5 Å². The largest absolute Gasteiger partial charge is 0.396 e. The van der Waals surface area contributed by atoms with Gasteiger partial charge in [0.15, 0.2) is 5.96 Å². The zero-order chi connectivity index (χ0) is 21.2. The summed E-state index contributed by atoms with van der Waals surface area (Å²) in [6, 6.07) is 6.84. The fourth-order valence-electron chi connectivity index (χ4n) is 4.13. The van der Waals surface area contributed by atoms with Gasteiger partial charge >= 0.3 is 0 Å².